The van der Waals surface area contributed by atoms with Gasteiger partial charge < -0.3 is 20.2 Å². The third kappa shape index (κ3) is 2.91. The van der Waals surface area contributed by atoms with Crippen LogP contribution in [0.25, 0.3) is 11.1 Å². The Labute approximate surface area is 110 Å². The molecule has 2 rings (SSSR count). The van der Waals surface area contributed by atoms with E-state index in [1.54, 1.807) is 14.0 Å². The van der Waals surface area contributed by atoms with Gasteiger partial charge in [0.15, 0.2) is 11.5 Å². The van der Waals surface area contributed by atoms with Gasteiger partial charge in [-0.3, -0.25) is 4.79 Å². The molecule has 0 aliphatic heterocycles. The molecule has 0 saturated carbocycles. The lowest BCUT2D eigenvalue weighted by Gasteiger charge is -2.20. The van der Waals surface area contributed by atoms with Gasteiger partial charge in [0.25, 0.3) is 0 Å². The van der Waals surface area contributed by atoms with Gasteiger partial charge in [-0.2, -0.15) is 0 Å². The molecule has 1 aromatic carbocycles. The molecule has 0 aliphatic carbocycles. The van der Waals surface area contributed by atoms with E-state index >= 15 is 0 Å². The second-order valence-electron chi connectivity index (χ2n) is 4.52. The first-order valence-electron chi connectivity index (χ1n) is 5.98. The maximum atomic E-state index is 11.8. The average Bonchev–Trinajstić information content (AvgIpc) is 2.76. The molecule has 1 unspecified atom stereocenters. The number of carbonyl (C=O) groups excluding carboxylic acids is 1. The summed E-state index contributed by atoms with van der Waals surface area (Å²) in [5, 5.41) is 8.87. The van der Waals surface area contributed by atoms with Crippen molar-refractivity contribution in [3.8, 4) is 0 Å². The van der Waals surface area contributed by atoms with Crippen LogP contribution in [0, 0.1) is 6.92 Å². The molecular weight excluding hydrogens is 246 g/mol. The molecule has 0 radical (unpaired) electrons. The van der Waals surface area contributed by atoms with Crippen LogP contribution < -0.4 is 5.73 Å². The smallest absolute Gasteiger partial charge is 0.241 e. The van der Waals surface area contributed by atoms with Gasteiger partial charge in [0, 0.05) is 20.5 Å². The topological polar surface area (TPSA) is 92.6 Å². The number of nitrogens with two attached hydrogens (primary N) is 1. The van der Waals surface area contributed by atoms with Crippen molar-refractivity contribution in [1.29, 1.82) is 0 Å². The van der Waals surface area contributed by atoms with Gasteiger partial charge in [-0.15, -0.1) is 0 Å². The van der Waals surface area contributed by atoms with Crippen molar-refractivity contribution in [2.45, 2.75) is 19.5 Å². The Morgan fingerprint density at radius 2 is 2.32 bits per heavy atom. The first-order chi connectivity index (χ1) is 9.01. The number of fused-ring (bicyclic) bond motifs is 1. The molecule has 19 heavy (non-hydrogen) atoms. The molecule has 0 fully saturated rings. The van der Waals surface area contributed by atoms with Crippen molar-refractivity contribution in [3.63, 3.8) is 0 Å². The van der Waals surface area contributed by atoms with E-state index < -0.39 is 6.04 Å². The SMILES string of the molecule is Cc1nc2cc(CN(C)C(=O)C(N)CO)ccc2o1. The van der Waals surface area contributed by atoms with Crippen molar-refractivity contribution in [2.75, 3.05) is 13.7 Å². The van der Waals surface area contributed by atoms with E-state index in [2.05, 4.69) is 4.98 Å². The number of nitrogens with zero attached hydrogens (tertiary/aromatic N) is 2. The van der Waals surface area contributed by atoms with Crippen LogP contribution in [-0.2, 0) is 11.3 Å². The Morgan fingerprint density at radius 1 is 1.58 bits per heavy atom. The second-order valence-corrected chi connectivity index (χ2v) is 4.52. The van der Waals surface area contributed by atoms with Crippen molar-refractivity contribution >= 4 is 17.0 Å². The van der Waals surface area contributed by atoms with Crippen LogP contribution in [0.15, 0.2) is 22.6 Å². The maximum Gasteiger partial charge on any atom is 0.241 e. The molecular formula is C13H17N3O3. The summed E-state index contributed by atoms with van der Waals surface area (Å²) in [4.78, 5) is 17.5. The van der Waals surface area contributed by atoms with Gasteiger partial charge in [0.1, 0.15) is 11.6 Å². The molecule has 2 aromatic rings. The van der Waals surface area contributed by atoms with Gasteiger partial charge in [0.2, 0.25) is 5.91 Å². The van der Waals surface area contributed by atoms with Gasteiger partial charge in [-0.05, 0) is 17.7 Å². The highest BCUT2D eigenvalue weighted by Crippen LogP contribution is 2.17. The van der Waals surface area contributed by atoms with E-state index in [9.17, 15) is 4.79 Å². The van der Waals surface area contributed by atoms with E-state index in [1.165, 1.54) is 4.90 Å². The second kappa shape index (κ2) is 5.38. The molecule has 1 atom stereocenters. The zero-order valence-corrected chi connectivity index (χ0v) is 11.0. The summed E-state index contributed by atoms with van der Waals surface area (Å²) in [6.45, 7) is 1.84. The highest BCUT2D eigenvalue weighted by atomic mass is 16.3. The fraction of sp³-hybridized carbons (Fsp3) is 0.385. The summed E-state index contributed by atoms with van der Waals surface area (Å²) in [6.07, 6.45) is 0. The fourth-order valence-corrected chi connectivity index (χ4v) is 1.90. The number of likely N-dealkylation sites (N-methyl/N-ethyl adjacent to an activating group) is 1. The highest BCUT2D eigenvalue weighted by molar-refractivity contribution is 5.81. The van der Waals surface area contributed by atoms with Gasteiger partial charge in [-0.1, -0.05) is 6.07 Å². The van der Waals surface area contributed by atoms with E-state index in [0.29, 0.717) is 12.4 Å². The van der Waals surface area contributed by atoms with Crippen LogP contribution in [0.2, 0.25) is 0 Å². The van der Waals surface area contributed by atoms with E-state index in [4.69, 9.17) is 15.3 Å². The molecule has 3 N–H and O–H groups in total. The zero-order valence-electron chi connectivity index (χ0n) is 11.0. The van der Waals surface area contributed by atoms with Crippen molar-refractivity contribution < 1.29 is 14.3 Å². The summed E-state index contributed by atoms with van der Waals surface area (Å²) in [5.41, 5.74) is 7.92. The summed E-state index contributed by atoms with van der Waals surface area (Å²) in [5.74, 6) is 0.317. The minimum Gasteiger partial charge on any atom is -0.441 e. The average molecular weight is 263 g/mol. The van der Waals surface area contributed by atoms with E-state index in [0.717, 1.165) is 16.7 Å². The molecule has 0 saturated heterocycles. The summed E-state index contributed by atoms with van der Waals surface area (Å²) in [7, 11) is 1.65. The normalized spacial score (nSPS) is 12.6. The number of amides is 1. The molecule has 0 bridgehead atoms. The van der Waals surface area contributed by atoms with E-state index in [-0.39, 0.29) is 12.5 Å². The molecule has 0 spiro atoms. The predicted molar refractivity (Wildman–Crippen MR) is 70.3 cm³/mol. The summed E-state index contributed by atoms with van der Waals surface area (Å²) < 4.78 is 5.39. The van der Waals surface area contributed by atoms with Gasteiger partial charge >= 0.3 is 0 Å². The van der Waals surface area contributed by atoms with Crippen LogP contribution >= 0.6 is 0 Å². The molecule has 102 valence electrons. The number of aliphatic hydroxyl groups excluding tert-OH is 1. The molecule has 6 nitrogen and oxygen atoms in total. The third-order valence-corrected chi connectivity index (χ3v) is 2.87. The lowest BCUT2D eigenvalue weighted by Crippen LogP contribution is -2.43. The van der Waals surface area contributed by atoms with Crippen LogP contribution in [-0.4, -0.2) is 40.6 Å². The minimum atomic E-state index is -0.872. The lowest BCUT2D eigenvalue weighted by atomic mass is 10.2. The van der Waals surface area contributed by atoms with Crippen molar-refractivity contribution in [2.24, 2.45) is 5.73 Å². The lowest BCUT2D eigenvalue weighted by molar-refractivity contribution is -0.132. The first kappa shape index (κ1) is 13.5. The Hall–Kier alpha value is -1.92. The van der Waals surface area contributed by atoms with Crippen LogP contribution in [0.4, 0.5) is 0 Å². The highest BCUT2D eigenvalue weighted by Gasteiger charge is 2.17. The molecule has 1 aromatic heterocycles. The number of aryl methyl sites for hydroxylation is 1. The number of aromatic nitrogens is 1. The number of aliphatic hydroxyl groups is 1. The summed E-state index contributed by atoms with van der Waals surface area (Å²) in [6, 6.07) is 4.71. The first-order valence-corrected chi connectivity index (χ1v) is 5.98. The van der Waals surface area contributed by atoms with Gasteiger partial charge in [-0.25, -0.2) is 4.98 Å². The van der Waals surface area contributed by atoms with E-state index in [1.807, 2.05) is 18.2 Å². The standard InChI is InChI=1S/C13H17N3O3/c1-8-15-11-5-9(3-4-12(11)19-8)6-16(2)13(18)10(14)7-17/h3-5,10,17H,6-7,14H2,1-2H3. The quantitative estimate of drug-likeness (QED) is 0.833. The Kier molecular flexibility index (Phi) is 3.82. The van der Waals surface area contributed by atoms with Crippen LogP contribution in [0.5, 0.6) is 0 Å². The Morgan fingerprint density at radius 3 is 3.00 bits per heavy atom. The number of benzene rings is 1. The maximum absolute atomic E-state index is 11.8. The van der Waals surface area contributed by atoms with Crippen LogP contribution in [0.3, 0.4) is 0 Å². The Bertz CT molecular complexity index is 594. The number of hydrogen-bond acceptors (Lipinski definition) is 5. The van der Waals surface area contributed by atoms with Crippen molar-refractivity contribution in [1.82, 2.24) is 9.88 Å². The monoisotopic (exact) mass is 263 g/mol. The number of oxazole rings is 1. The fourth-order valence-electron chi connectivity index (χ4n) is 1.90. The molecule has 6 heteroatoms. The molecule has 1 amide bonds. The van der Waals surface area contributed by atoms with Crippen molar-refractivity contribution in [3.05, 3.63) is 29.7 Å². The number of hydrogen-bond donors (Lipinski definition) is 2. The van der Waals surface area contributed by atoms with Gasteiger partial charge in [0.05, 0.1) is 6.61 Å². The largest absolute Gasteiger partial charge is 0.441 e. The minimum absolute atomic E-state index is 0.293. The summed E-state index contributed by atoms with van der Waals surface area (Å²) >= 11 is 0. The zero-order chi connectivity index (χ0) is 14.0. The number of carbonyl (C=O) groups is 1. The van der Waals surface area contributed by atoms with Crippen LogP contribution in [0.1, 0.15) is 11.5 Å². The molecule has 0 aliphatic rings. The molecule has 1 heterocycles. The third-order valence-electron chi connectivity index (χ3n) is 2.87. The Balaban J connectivity index is 2.14. The number of rotatable bonds is 4. The predicted octanol–water partition coefficient (Wildman–Crippen LogP) is 0.414.